The van der Waals surface area contributed by atoms with Gasteiger partial charge in [0.05, 0.1) is 6.54 Å². The minimum Gasteiger partial charge on any atom is -0.350 e. The molecular weight excluding hydrogens is 278 g/mol. The maximum absolute atomic E-state index is 11.6. The van der Waals surface area contributed by atoms with E-state index in [9.17, 15) is 9.59 Å². The first-order chi connectivity index (χ1) is 9.30. The third-order valence-corrected chi connectivity index (χ3v) is 2.97. The summed E-state index contributed by atoms with van der Waals surface area (Å²) in [5.41, 5.74) is -0.316. The number of anilines is 1. The Morgan fingerprint density at radius 3 is 2.55 bits per heavy atom. The highest BCUT2D eigenvalue weighted by molar-refractivity contribution is 7.15. The van der Waals surface area contributed by atoms with Crippen LogP contribution < -0.4 is 16.0 Å². The van der Waals surface area contributed by atoms with E-state index in [1.54, 1.807) is 0 Å². The van der Waals surface area contributed by atoms with Crippen LogP contribution in [0.1, 0.15) is 39.1 Å². The number of carbonyl (C=O) groups is 2. The van der Waals surface area contributed by atoms with Crippen molar-refractivity contribution in [2.75, 3.05) is 11.9 Å². The Bertz CT molecular complexity index is 467. The van der Waals surface area contributed by atoms with E-state index in [4.69, 9.17) is 0 Å². The fourth-order valence-electron chi connectivity index (χ4n) is 1.38. The van der Waals surface area contributed by atoms with Crippen molar-refractivity contribution < 1.29 is 9.59 Å². The van der Waals surface area contributed by atoms with Gasteiger partial charge in [-0.15, -0.1) is 10.2 Å². The number of nitrogens with zero attached hydrogens (tertiary/aromatic N) is 2. The number of carbonyl (C=O) groups excluding carboxylic acids is 2. The van der Waals surface area contributed by atoms with Crippen LogP contribution in [-0.4, -0.2) is 34.2 Å². The van der Waals surface area contributed by atoms with Gasteiger partial charge < -0.3 is 10.6 Å². The lowest BCUT2D eigenvalue weighted by atomic mass is 10.1. The molecule has 0 unspecified atom stereocenters. The average molecular weight is 299 g/mol. The summed E-state index contributed by atoms with van der Waals surface area (Å²) < 4.78 is 0. The molecule has 0 bridgehead atoms. The molecule has 0 fully saturated rings. The molecule has 0 aliphatic rings. The Hall–Kier alpha value is -1.70. The van der Waals surface area contributed by atoms with Gasteiger partial charge in [-0.05, 0) is 27.2 Å². The molecule has 1 rings (SSSR count). The Kier molecular flexibility index (Phi) is 5.87. The summed E-state index contributed by atoms with van der Waals surface area (Å²) in [5.74, 6) is -0.239. The van der Waals surface area contributed by atoms with Crippen molar-refractivity contribution in [2.45, 2.75) is 46.1 Å². The molecule has 0 saturated heterocycles. The number of aromatic nitrogens is 2. The fraction of sp³-hybridized carbons (Fsp3) is 0.667. The minimum atomic E-state index is -0.465. The van der Waals surface area contributed by atoms with Gasteiger partial charge in [-0.25, -0.2) is 4.79 Å². The third kappa shape index (κ3) is 6.46. The topological polar surface area (TPSA) is 96.0 Å². The Labute approximate surface area is 122 Å². The average Bonchev–Trinajstić information content (AvgIpc) is 2.72. The van der Waals surface area contributed by atoms with Crippen molar-refractivity contribution in [3.05, 3.63) is 5.01 Å². The third-order valence-electron chi connectivity index (χ3n) is 2.08. The molecule has 3 amide bonds. The largest absolute Gasteiger partial charge is 0.350 e. The van der Waals surface area contributed by atoms with Gasteiger partial charge in [-0.2, -0.15) is 0 Å². The van der Waals surface area contributed by atoms with Crippen LogP contribution in [0.4, 0.5) is 9.93 Å². The molecule has 0 saturated carbocycles. The molecule has 0 aliphatic carbocycles. The van der Waals surface area contributed by atoms with Crippen molar-refractivity contribution in [3.63, 3.8) is 0 Å². The fourth-order valence-corrected chi connectivity index (χ4v) is 2.22. The molecule has 0 aliphatic heterocycles. The molecule has 8 heteroatoms. The van der Waals surface area contributed by atoms with Gasteiger partial charge in [0.25, 0.3) is 0 Å². The van der Waals surface area contributed by atoms with Gasteiger partial charge in [0.1, 0.15) is 5.01 Å². The van der Waals surface area contributed by atoms with E-state index in [1.807, 2.05) is 20.8 Å². The van der Waals surface area contributed by atoms with E-state index in [-0.39, 0.29) is 18.0 Å². The van der Waals surface area contributed by atoms with Gasteiger partial charge in [-0.3, -0.25) is 10.1 Å². The Morgan fingerprint density at radius 1 is 1.25 bits per heavy atom. The molecule has 7 nitrogen and oxygen atoms in total. The van der Waals surface area contributed by atoms with Crippen LogP contribution in [0.25, 0.3) is 0 Å². The van der Waals surface area contributed by atoms with Crippen LogP contribution in [0.15, 0.2) is 0 Å². The van der Waals surface area contributed by atoms with E-state index < -0.39 is 6.03 Å². The number of hydrogen-bond acceptors (Lipinski definition) is 5. The first-order valence-electron chi connectivity index (χ1n) is 6.48. The van der Waals surface area contributed by atoms with Gasteiger partial charge in [0.2, 0.25) is 11.0 Å². The number of hydrogen-bond donors (Lipinski definition) is 3. The molecule has 0 radical (unpaired) electrons. The predicted octanol–water partition coefficient (Wildman–Crippen LogP) is 1.53. The lowest BCUT2D eigenvalue weighted by molar-refractivity contribution is -0.121. The molecule has 0 aromatic carbocycles. The second kappa shape index (κ2) is 7.18. The van der Waals surface area contributed by atoms with Crippen LogP contribution in [0.3, 0.4) is 0 Å². The molecule has 0 atom stereocenters. The SMILES string of the molecule is CCCc1nnc(NC(=O)NCC(=O)NC(C)(C)C)s1. The summed E-state index contributed by atoms with van der Waals surface area (Å²) in [7, 11) is 0. The number of aryl methyl sites for hydroxylation is 1. The highest BCUT2D eigenvalue weighted by Gasteiger charge is 2.14. The molecule has 3 N–H and O–H groups in total. The van der Waals surface area contributed by atoms with E-state index in [2.05, 4.69) is 33.1 Å². The van der Waals surface area contributed by atoms with Gasteiger partial charge in [-0.1, -0.05) is 18.3 Å². The summed E-state index contributed by atoms with van der Waals surface area (Å²) in [5, 5.41) is 16.9. The van der Waals surface area contributed by atoms with E-state index >= 15 is 0 Å². The zero-order chi connectivity index (χ0) is 15.2. The summed E-state index contributed by atoms with van der Waals surface area (Å²) in [6, 6.07) is -0.465. The zero-order valence-corrected chi connectivity index (χ0v) is 13.1. The molecule has 20 heavy (non-hydrogen) atoms. The smallest absolute Gasteiger partial charge is 0.321 e. The van der Waals surface area contributed by atoms with Crippen LogP contribution in [0.2, 0.25) is 0 Å². The standard InChI is InChI=1S/C12H21N5O2S/c1-5-6-9-16-17-11(20-9)14-10(19)13-7-8(18)15-12(2,3)4/h5-7H2,1-4H3,(H,15,18)(H2,13,14,17,19). The van der Waals surface area contributed by atoms with Gasteiger partial charge in [0.15, 0.2) is 0 Å². The zero-order valence-electron chi connectivity index (χ0n) is 12.2. The maximum Gasteiger partial charge on any atom is 0.321 e. The summed E-state index contributed by atoms with van der Waals surface area (Å²) in [6.07, 6.45) is 1.82. The Morgan fingerprint density at radius 2 is 1.95 bits per heavy atom. The highest BCUT2D eigenvalue weighted by Crippen LogP contribution is 2.15. The van der Waals surface area contributed by atoms with Crippen LogP contribution in [0, 0.1) is 0 Å². The lowest BCUT2D eigenvalue weighted by Gasteiger charge is -2.20. The van der Waals surface area contributed by atoms with E-state index in [1.165, 1.54) is 11.3 Å². The minimum absolute atomic E-state index is 0.0796. The first-order valence-corrected chi connectivity index (χ1v) is 7.30. The second-order valence-electron chi connectivity index (χ2n) is 5.36. The summed E-state index contributed by atoms with van der Waals surface area (Å²) in [6.45, 7) is 7.60. The molecule has 1 heterocycles. The Balaban J connectivity index is 2.34. The summed E-state index contributed by atoms with van der Waals surface area (Å²) >= 11 is 1.34. The summed E-state index contributed by atoms with van der Waals surface area (Å²) in [4.78, 5) is 23.1. The van der Waals surface area contributed by atoms with Gasteiger partial charge in [0, 0.05) is 12.0 Å². The number of amides is 3. The second-order valence-corrected chi connectivity index (χ2v) is 6.42. The van der Waals surface area contributed by atoms with Crippen molar-refractivity contribution in [2.24, 2.45) is 0 Å². The van der Waals surface area contributed by atoms with Crippen molar-refractivity contribution >= 4 is 28.4 Å². The molecule has 0 spiro atoms. The number of rotatable bonds is 5. The predicted molar refractivity (Wildman–Crippen MR) is 78.8 cm³/mol. The highest BCUT2D eigenvalue weighted by atomic mass is 32.1. The maximum atomic E-state index is 11.6. The van der Waals surface area contributed by atoms with Gasteiger partial charge >= 0.3 is 6.03 Å². The first kappa shape index (κ1) is 16.4. The lowest BCUT2D eigenvalue weighted by Crippen LogP contribution is -2.46. The number of urea groups is 1. The molecule has 1 aromatic heterocycles. The van der Waals surface area contributed by atoms with Crippen LogP contribution in [0.5, 0.6) is 0 Å². The normalized spacial score (nSPS) is 11.0. The van der Waals surface area contributed by atoms with Crippen molar-refractivity contribution in [3.8, 4) is 0 Å². The van der Waals surface area contributed by atoms with E-state index in [0.29, 0.717) is 5.13 Å². The number of nitrogens with one attached hydrogen (secondary N) is 3. The van der Waals surface area contributed by atoms with Crippen molar-refractivity contribution in [1.82, 2.24) is 20.8 Å². The van der Waals surface area contributed by atoms with Crippen LogP contribution in [-0.2, 0) is 11.2 Å². The quantitative estimate of drug-likeness (QED) is 0.768. The molecule has 112 valence electrons. The van der Waals surface area contributed by atoms with E-state index in [0.717, 1.165) is 17.8 Å². The molecular formula is C12H21N5O2S. The van der Waals surface area contributed by atoms with Crippen molar-refractivity contribution in [1.29, 1.82) is 0 Å². The van der Waals surface area contributed by atoms with Crippen LogP contribution >= 0.6 is 11.3 Å². The molecule has 1 aromatic rings. The monoisotopic (exact) mass is 299 g/mol.